The second kappa shape index (κ2) is 5.47. The van der Waals surface area contributed by atoms with Gasteiger partial charge in [-0.1, -0.05) is 41.9 Å². The minimum absolute atomic E-state index is 0.155. The fourth-order valence-electron chi connectivity index (χ4n) is 3.47. The fourth-order valence-corrected chi connectivity index (χ4v) is 3.96. The maximum Gasteiger partial charge on any atom is 0.338 e. The standard InChI is InChI=1S/C17H20ClNO2/c1-19(2)15-13-10-6-7-11-14(13)21-16(20)17(15,18)12-8-4-3-5-9-12/h3-5,8-9,15H,6-7,10-11H2,1-2H3. The van der Waals surface area contributed by atoms with Crippen LogP contribution in [0.5, 0.6) is 0 Å². The summed E-state index contributed by atoms with van der Waals surface area (Å²) in [6.45, 7) is 0. The largest absolute Gasteiger partial charge is 0.429 e. The molecule has 0 amide bonds. The molecule has 2 atom stereocenters. The van der Waals surface area contributed by atoms with Crippen molar-refractivity contribution in [3.05, 3.63) is 47.2 Å². The Balaban J connectivity index is 2.15. The highest BCUT2D eigenvalue weighted by Gasteiger charge is 2.54. The first kappa shape index (κ1) is 14.6. The van der Waals surface area contributed by atoms with Gasteiger partial charge in [-0.15, -0.1) is 0 Å². The number of likely N-dealkylation sites (N-methyl/N-ethyl adjacent to an activating group) is 1. The van der Waals surface area contributed by atoms with Crippen LogP contribution in [-0.4, -0.2) is 31.0 Å². The van der Waals surface area contributed by atoms with Crippen LogP contribution in [0, 0.1) is 0 Å². The topological polar surface area (TPSA) is 29.5 Å². The molecule has 3 rings (SSSR count). The summed E-state index contributed by atoms with van der Waals surface area (Å²) in [6, 6.07) is 9.39. The molecule has 112 valence electrons. The third-order valence-electron chi connectivity index (χ3n) is 4.39. The number of hydrogen-bond donors (Lipinski definition) is 0. The van der Waals surface area contributed by atoms with Crippen LogP contribution < -0.4 is 0 Å². The van der Waals surface area contributed by atoms with Gasteiger partial charge in [0.15, 0.2) is 4.87 Å². The zero-order valence-corrected chi connectivity index (χ0v) is 13.2. The van der Waals surface area contributed by atoms with E-state index in [1.54, 1.807) is 0 Å². The van der Waals surface area contributed by atoms with Gasteiger partial charge in [-0.05, 0) is 44.5 Å². The van der Waals surface area contributed by atoms with Gasteiger partial charge in [0.2, 0.25) is 0 Å². The van der Waals surface area contributed by atoms with Crippen LogP contribution in [0.15, 0.2) is 41.7 Å². The quantitative estimate of drug-likeness (QED) is 0.619. The Labute approximate surface area is 130 Å². The number of carbonyl (C=O) groups is 1. The Morgan fingerprint density at radius 1 is 1.19 bits per heavy atom. The Kier molecular flexibility index (Phi) is 3.80. The SMILES string of the molecule is CN(C)C1C2=C(CCCC2)OC(=O)C1(Cl)c1ccccc1. The molecule has 0 N–H and O–H groups in total. The first-order chi connectivity index (χ1) is 10.0. The summed E-state index contributed by atoms with van der Waals surface area (Å²) in [5.41, 5.74) is 1.98. The number of rotatable bonds is 2. The predicted octanol–water partition coefficient (Wildman–Crippen LogP) is 3.44. The number of carbonyl (C=O) groups excluding carboxylic acids is 1. The van der Waals surface area contributed by atoms with Crippen molar-refractivity contribution in [3.8, 4) is 0 Å². The average molecular weight is 306 g/mol. The number of alkyl halides is 1. The minimum atomic E-state index is -1.17. The molecule has 21 heavy (non-hydrogen) atoms. The highest BCUT2D eigenvalue weighted by molar-refractivity contribution is 6.35. The average Bonchev–Trinajstić information content (AvgIpc) is 2.49. The van der Waals surface area contributed by atoms with Gasteiger partial charge < -0.3 is 9.64 Å². The molecule has 0 radical (unpaired) electrons. The van der Waals surface area contributed by atoms with Gasteiger partial charge >= 0.3 is 5.97 Å². The zero-order chi connectivity index (χ0) is 15.0. The van der Waals surface area contributed by atoms with Crippen LogP contribution in [0.3, 0.4) is 0 Å². The fraction of sp³-hybridized carbons (Fsp3) is 0.471. The predicted molar refractivity (Wildman–Crippen MR) is 83.0 cm³/mol. The lowest BCUT2D eigenvalue weighted by molar-refractivity contribution is -0.147. The summed E-state index contributed by atoms with van der Waals surface area (Å²) >= 11 is 6.88. The lowest BCUT2D eigenvalue weighted by Crippen LogP contribution is -2.54. The monoisotopic (exact) mass is 305 g/mol. The van der Waals surface area contributed by atoms with Gasteiger partial charge in [-0.2, -0.15) is 0 Å². The van der Waals surface area contributed by atoms with Crippen molar-refractivity contribution < 1.29 is 9.53 Å². The van der Waals surface area contributed by atoms with E-state index in [0.29, 0.717) is 0 Å². The van der Waals surface area contributed by atoms with E-state index >= 15 is 0 Å². The number of hydrogen-bond acceptors (Lipinski definition) is 3. The molecule has 1 aliphatic carbocycles. The molecule has 1 aromatic rings. The summed E-state index contributed by atoms with van der Waals surface area (Å²) in [6.07, 6.45) is 4.00. The zero-order valence-electron chi connectivity index (χ0n) is 12.4. The van der Waals surface area contributed by atoms with Crippen LogP contribution in [0.25, 0.3) is 0 Å². The third kappa shape index (κ3) is 2.29. The summed E-state index contributed by atoms with van der Waals surface area (Å²) in [5.74, 6) is 0.492. The molecule has 1 aromatic carbocycles. The van der Waals surface area contributed by atoms with Gasteiger partial charge in [-0.3, -0.25) is 0 Å². The Hall–Kier alpha value is -1.32. The second-order valence-corrected chi connectivity index (χ2v) is 6.59. The van der Waals surface area contributed by atoms with Crippen LogP contribution in [-0.2, 0) is 14.4 Å². The normalized spacial score (nSPS) is 29.3. The number of nitrogens with zero attached hydrogens (tertiary/aromatic N) is 1. The van der Waals surface area contributed by atoms with Crippen LogP contribution in [0.2, 0.25) is 0 Å². The minimum Gasteiger partial charge on any atom is -0.429 e. The number of benzene rings is 1. The van der Waals surface area contributed by atoms with E-state index in [2.05, 4.69) is 0 Å². The molecule has 4 heteroatoms. The Morgan fingerprint density at radius 3 is 2.52 bits per heavy atom. The molecule has 0 saturated heterocycles. The van der Waals surface area contributed by atoms with E-state index in [9.17, 15) is 4.79 Å². The van der Waals surface area contributed by atoms with Gasteiger partial charge in [0.25, 0.3) is 0 Å². The highest BCUT2D eigenvalue weighted by atomic mass is 35.5. The van der Waals surface area contributed by atoms with Crippen molar-refractivity contribution in [2.45, 2.75) is 36.6 Å². The van der Waals surface area contributed by atoms with Crippen molar-refractivity contribution in [2.24, 2.45) is 0 Å². The maximum atomic E-state index is 12.7. The van der Waals surface area contributed by atoms with Crippen molar-refractivity contribution >= 4 is 17.6 Å². The number of halogens is 1. The Bertz CT molecular complexity index is 582. The van der Waals surface area contributed by atoms with E-state index in [1.807, 2.05) is 49.3 Å². The molecule has 0 aromatic heterocycles. The smallest absolute Gasteiger partial charge is 0.338 e. The van der Waals surface area contributed by atoms with Gasteiger partial charge in [0, 0.05) is 6.42 Å². The van der Waals surface area contributed by atoms with Crippen LogP contribution in [0.4, 0.5) is 0 Å². The molecule has 1 aliphatic heterocycles. The highest BCUT2D eigenvalue weighted by Crippen LogP contribution is 2.47. The second-order valence-electron chi connectivity index (χ2n) is 5.99. The summed E-state index contributed by atoms with van der Waals surface area (Å²) in [7, 11) is 3.95. The summed E-state index contributed by atoms with van der Waals surface area (Å²) in [5, 5.41) is 0. The number of ether oxygens (including phenoxy) is 1. The van der Waals surface area contributed by atoms with Crippen LogP contribution >= 0.6 is 11.6 Å². The van der Waals surface area contributed by atoms with E-state index in [-0.39, 0.29) is 12.0 Å². The van der Waals surface area contributed by atoms with Gasteiger partial charge in [0.05, 0.1) is 6.04 Å². The molecule has 0 saturated carbocycles. The van der Waals surface area contributed by atoms with Crippen molar-refractivity contribution in [1.29, 1.82) is 0 Å². The molecule has 3 nitrogen and oxygen atoms in total. The molecule has 0 bridgehead atoms. The molecule has 0 spiro atoms. The van der Waals surface area contributed by atoms with Crippen molar-refractivity contribution in [1.82, 2.24) is 4.90 Å². The Morgan fingerprint density at radius 2 is 1.86 bits per heavy atom. The van der Waals surface area contributed by atoms with Crippen LogP contribution in [0.1, 0.15) is 31.2 Å². The lowest BCUT2D eigenvalue weighted by Gasteiger charge is -2.44. The number of allylic oxidation sites excluding steroid dienone is 1. The molecular formula is C17H20ClNO2. The van der Waals surface area contributed by atoms with Gasteiger partial charge in [0.1, 0.15) is 5.76 Å². The summed E-state index contributed by atoms with van der Waals surface area (Å²) in [4.78, 5) is 13.5. The maximum absolute atomic E-state index is 12.7. The van der Waals surface area contributed by atoms with Gasteiger partial charge in [-0.25, -0.2) is 4.79 Å². The third-order valence-corrected chi connectivity index (χ3v) is 4.97. The van der Waals surface area contributed by atoms with E-state index in [4.69, 9.17) is 16.3 Å². The summed E-state index contributed by atoms with van der Waals surface area (Å²) < 4.78 is 5.62. The molecule has 2 unspecified atom stereocenters. The number of esters is 1. The van der Waals surface area contributed by atoms with Crippen molar-refractivity contribution in [2.75, 3.05) is 14.1 Å². The van der Waals surface area contributed by atoms with E-state index in [0.717, 1.165) is 37.0 Å². The lowest BCUT2D eigenvalue weighted by atomic mass is 9.79. The molecule has 2 aliphatic rings. The van der Waals surface area contributed by atoms with E-state index in [1.165, 1.54) is 5.57 Å². The molecule has 1 heterocycles. The first-order valence-electron chi connectivity index (χ1n) is 7.40. The van der Waals surface area contributed by atoms with E-state index < -0.39 is 4.87 Å². The first-order valence-corrected chi connectivity index (χ1v) is 7.78. The molecule has 0 fully saturated rings. The van der Waals surface area contributed by atoms with Crippen molar-refractivity contribution in [3.63, 3.8) is 0 Å². The molecular weight excluding hydrogens is 286 g/mol.